The number of aryl methyl sites for hydroxylation is 1. The molecule has 3 rings (SSSR count). The van der Waals surface area contributed by atoms with Crippen LogP contribution < -0.4 is 9.62 Å². The molecule has 1 fully saturated rings. The van der Waals surface area contributed by atoms with Gasteiger partial charge >= 0.3 is 0 Å². The fourth-order valence-electron chi connectivity index (χ4n) is 3.33. The van der Waals surface area contributed by atoms with Gasteiger partial charge in [-0.15, -0.1) is 0 Å². The normalized spacial score (nSPS) is 15.8. The highest BCUT2D eigenvalue weighted by atomic mass is 32.2. The second kappa shape index (κ2) is 8.10. The Balaban J connectivity index is 1.61. The van der Waals surface area contributed by atoms with Gasteiger partial charge in [0, 0.05) is 31.6 Å². The largest absolute Gasteiger partial charge is 0.381 e. The number of hydrogen-bond donors (Lipinski definition) is 1. The van der Waals surface area contributed by atoms with Gasteiger partial charge < -0.3 is 9.64 Å². The van der Waals surface area contributed by atoms with Crippen LogP contribution in [0.15, 0.2) is 48.5 Å². The summed E-state index contributed by atoms with van der Waals surface area (Å²) in [5.74, 6) is -0.0268. The molecule has 2 aromatic rings. The molecule has 26 heavy (non-hydrogen) atoms. The maximum atomic E-state index is 12.4. The first-order chi connectivity index (χ1) is 12.4. The van der Waals surface area contributed by atoms with E-state index < -0.39 is 10.0 Å². The average Bonchev–Trinajstić information content (AvgIpc) is 2.62. The first-order valence-corrected chi connectivity index (χ1v) is 10.5. The van der Waals surface area contributed by atoms with Crippen molar-refractivity contribution < 1.29 is 13.2 Å². The summed E-state index contributed by atoms with van der Waals surface area (Å²) >= 11 is 0. The van der Waals surface area contributed by atoms with Crippen molar-refractivity contribution >= 4 is 21.4 Å². The predicted octanol–water partition coefficient (Wildman–Crippen LogP) is 3.55. The molecule has 1 N–H and O–H groups in total. The van der Waals surface area contributed by atoms with Crippen molar-refractivity contribution in [1.29, 1.82) is 0 Å². The smallest absolute Gasteiger partial charge is 0.236 e. The summed E-state index contributed by atoms with van der Waals surface area (Å²) in [7, 11) is -1.67. The Morgan fingerprint density at radius 2 is 1.81 bits per heavy atom. The molecule has 2 aromatic carbocycles. The highest BCUT2D eigenvalue weighted by molar-refractivity contribution is 7.91. The van der Waals surface area contributed by atoms with Crippen LogP contribution in [0.1, 0.15) is 24.0 Å². The monoisotopic (exact) mass is 374 g/mol. The molecule has 0 amide bonds. The van der Waals surface area contributed by atoms with Gasteiger partial charge in [0.15, 0.2) is 0 Å². The molecule has 0 aromatic heterocycles. The van der Waals surface area contributed by atoms with Crippen molar-refractivity contribution in [1.82, 2.24) is 0 Å². The lowest BCUT2D eigenvalue weighted by Gasteiger charge is -2.33. The molecule has 1 heterocycles. The summed E-state index contributed by atoms with van der Waals surface area (Å²) in [5, 5.41) is 0. The van der Waals surface area contributed by atoms with Crippen LogP contribution in [0.5, 0.6) is 0 Å². The van der Waals surface area contributed by atoms with E-state index in [9.17, 15) is 8.42 Å². The van der Waals surface area contributed by atoms with Crippen LogP contribution in [-0.2, 0) is 20.5 Å². The molecule has 0 radical (unpaired) electrons. The lowest BCUT2D eigenvalue weighted by molar-refractivity contribution is 0.0819. The number of benzene rings is 2. The average molecular weight is 375 g/mol. The van der Waals surface area contributed by atoms with E-state index in [4.69, 9.17) is 4.74 Å². The minimum absolute atomic E-state index is 0.0268. The third kappa shape index (κ3) is 4.99. The molecule has 0 bridgehead atoms. The van der Waals surface area contributed by atoms with Crippen molar-refractivity contribution in [2.75, 3.05) is 29.8 Å². The quantitative estimate of drug-likeness (QED) is 0.840. The molecule has 1 aliphatic rings. The first kappa shape index (κ1) is 18.7. The Bertz CT molecular complexity index is 826. The number of nitrogens with zero attached hydrogens (tertiary/aromatic N) is 1. The number of rotatable bonds is 6. The number of ether oxygens (including phenoxy) is 1. The van der Waals surface area contributed by atoms with Gasteiger partial charge in [-0.25, -0.2) is 8.42 Å². The Morgan fingerprint density at radius 1 is 1.12 bits per heavy atom. The summed E-state index contributed by atoms with van der Waals surface area (Å²) in [6.07, 6.45) is 2.38. The zero-order valence-electron chi connectivity index (χ0n) is 15.3. The van der Waals surface area contributed by atoms with Gasteiger partial charge in [0.1, 0.15) is 0 Å². The number of piperidine rings is 1. The molecule has 0 saturated carbocycles. The van der Waals surface area contributed by atoms with Crippen LogP contribution in [0.4, 0.5) is 11.4 Å². The van der Waals surface area contributed by atoms with Gasteiger partial charge in [0.2, 0.25) is 10.0 Å². The van der Waals surface area contributed by atoms with E-state index in [1.165, 1.54) is 0 Å². The minimum Gasteiger partial charge on any atom is -0.381 e. The van der Waals surface area contributed by atoms with E-state index in [1.807, 2.05) is 55.5 Å². The molecule has 0 spiro atoms. The zero-order chi connectivity index (χ0) is 18.6. The van der Waals surface area contributed by atoms with Crippen molar-refractivity contribution in [2.24, 2.45) is 0 Å². The van der Waals surface area contributed by atoms with Gasteiger partial charge in [0.25, 0.3) is 0 Å². The second-order valence-electron chi connectivity index (χ2n) is 6.82. The van der Waals surface area contributed by atoms with Crippen LogP contribution in [0.2, 0.25) is 0 Å². The third-order valence-corrected chi connectivity index (χ3v) is 5.98. The molecule has 140 valence electrons. The fourth-order valence-corrected chi connectivity index (χ4v) is 4.51. The lowest BCUT2D eigenvalue weighted by atomic mass is 10.1. The second-order valence-corrected chi connectivity index (χ2v) is 8.54. The van der Waals surface area contributed by atoms with Crippen LogP contribution in [-0.4, -0.2) is 34.7 Å². The summed E-state index contributed by atoms with van der Waals surface area (Å²) in [4.78, 5) is 2.31. The van der Waals surface area contributed by atoms with Crippen LogP contribution in [0.25, 0.3) is 0 Å². The van der Waals surface area contributed by atoms with Gasteiger partial charge in [-0.3, -0.25) is 4.72 Å². The molecule has 1 aliphatic heterocycles. The number of hydrogen-bond acceptors (Lipinski definition) is 4. The summed E-state index contributed by atoms with van der Waals surface area (Å²) in [6, 6.07) is 15.1. The van der Waals surface area contributed by atoms with Crippen LogP contribution in [0, 0.1) is 6.92 Å². The van der Waals surface area contributed by atoms with E-state index in [-0.39, 0.29) is 5.75 Å². The number of nitrogens with one attached hydrogen (secondary N) is 1. The Hall–Kier alpha value is -2.05. The van der Waals surface area contributed by atoms with E-state index in [0.29, 0.717) is 11.8 Å². The Kier molecular flexibility index (Phi) is 5.84. The molecular weight excluding hydrogens is 348 g/mol. The summed E-state index contributed by atoms with van der Waals surface area (Å²) in [5.41, 5.74) is 3.55. The van der Waals surface area contributed by atoms with Crippen LogP contribution in [0.3, 0.4) is 0 Å². The van der Waals surface area contributed by atoms with E-state index >= 15 is 0 Å². The SMILES string of the molecule is COC1CCN(c2ccc(NS(=O)(=O)Cc3cccc(C)c3)cc2)CC1. The summed E-state index contributed by atoms with van der Waals surface area (Å²) in [6.45, 7) is 3.87. The maximum Gasteiger partial charge on any atom is 0.236 e. The number of methoxy groups -OCH3 is 1. The van der Waals surface area contributed by atoms with Crippen molar-refractivity contribution in [3.05, 3.63) is 59.7 Å². The molecular formula is C20H26N2O3S. The molecule has 0 unspecified atom stereocenters. The molecule has 5 nitrogen and oxygen atoms in total. The molecule has 0 atom stereocenters. The van der Waals surface area contributed by atoms with Gasteiger partial charge in [-0.05, 0) is 49.6 Å². The summed E-state index contributed by atoms with van der Waals surface area (Å²) < 4.78 is 32.9. The third-order valence-electron chi connectivity index (χ3n) is 4.72. The minimum atomic E-state index is -3.43. The first-order valence-electron chi connectivity index (χ1n) is 8.89. The van der Waals surface area contributed by atoms with Crippen molar-refractivity contribution in [3.8, 4) is 0 Å². The lowest BCUT2D eigenvalue weighted by Crippen LogP contribution is -2.36. The van der Waals surface area contributed by atoms with Gasteiger partial charge in [0.05, 0.1) is 11.9 Å². The van der Waals surface area contributed by atoms with Crippen molar-refractivity contribution in [2.45, 2.75) is 31.6 Å². The van der Waals surface area contributed by atoms with Crippen LogP contribution >= 0.6 is 0 Å². The highest BCUT2D eigenvalue weighted by Gasteiger charge is 2.19. The van der Waals surface area contributed by atoms with Gasteiger partial charge in [-0.1, -0.05) is 29.8 Å². The molecule has 6 heteroatoms. The van der Waals surface area contributed by atoms with E-state index in [2.05, 4.69) is 9.62 Å². The highest BCUT2D eigenvalue weighted by Crippen LogP contribution is 2.23. The standard InChI is InChI=1S/C20H26N2O3S/c1-16-4-3-5-17(14-16)15-26(23,24)21-18-6-8-19(9-7-18)22-12-10-20(25-2)11-13-22/h3-9,14,20-21H,10-13,15H2,1-2H3. The molecule has 1 saturated heterocycles. The van der Waals surface area contributed by atoms with Crippen molar-refractivity contribution in [3.63, 3.8) is 0 Å². The number of anilines is 2. The predicted molar refractivity (Wildman–Crippen MR) is 106 cm³/mol. The van der Waals surface area contributed by atoms with Gasteiger partial charge in [-0.2, -0.15) is 0 Å². The maximum absolute atomic E-state index is 12.4. The Labute approximate surface area is 156 Å². The topological polar surface area (TPSA) is 58.6 Å². The van der Waals surface area contributed by atoms with E-state index in [0.717, 1.165) is 42.7 Å². The number of sulfonamides is 1. The molecule has 0 aliphatic carbocycles. The van der Waals surface area contributed by atoms with E-state index in [1.54, 1.807) is 7.11 Å². The zero-order valence-corrected chi connectivity index (χ0v) is 16.1. The Morgan fingerprint density at radius 3 is 2.42 bits per heavy atom. The fraction of sp³-hybridized carbons (Fsp3) is 0.400.